The van der Waals surface area contributed by atoms with Crippen LogP contribution in [-0.2, 0) is 19.0 Å². The Morgan fingerprint density at radius 2 is 1.96 bits per heavy atom. The van der Waals surface area contributed by atoms with Gasteiger partial charge in [-0.3, -0.25) is 4.79 Å². The fourth-order valence-corrected chi connectivity index (χ4v) is 2.43. The molecule has 1 aliphatic heterocycles. The van der Waals surface area contributed by atoms with Crippen LogP contribution in [0.25, 0.3) is 0 Å². The van der Waals surface area contributed by atoms with Crippen LogP contribution in [0.4, 0.5) is 9.59 Å². The molecule has 8 heteroatoms. The molecule has 1 saturated heterocycles. The van der Waals surface area contributed by atoms with E-state index in [0.717, 1.165) is 0 Å². The second-order valence-electron chi connectivity index (χ2n) is 6.71. The molecule has 0 saturated carbocycles. The monoisotopic (exact) mass is 356 g/mol. The summed E-state index contributed by atoms with van der Waals surface area (Å²) in [6.07, 6.45) is 0.721. The van der Waals surface area contributed by atoms with Crippen molar-refractivity contribution in [2.45, 2.75) is 45.8 Å². The number of carbonyl (C=O) groups is 3. The molecule has 1 aliphatic rings. The summed E-state index contributed by atoms with van der Waals surface area (Å²) < 4.78 is 15.3. The third-order valence-corrected chi connectivity index (χ3v) is 3.49. The highest BCUT2D eigenvalue weighted by molar-refractivity contribution is 5.77. The van der Waals surface area contributed by atoms with E-state index in [2.05, 4.69) is 11.9 Å². The van der Waals surface area contributed by atoms with E-state index in [1.807, 2.05) is 0 Å². The molecule has 1 N–H and O–H groups in total. The van der Waals surface area contributed by atoms with Gasteiger partial charge in [0.2, 0.25) is 0 Å². The molecule has 0 spiro atoms. The first-order valence-electron chi connectivity index (χ1n) is 8.36. The van der Waals surface area contributed by atoms with E-state index in [9.17, 15) is 14.4 Å². The van der Waals surface area contributed by atoms with E-state index in [-0.39, 0.29) is 19.8 Å². The van der Waals surface area contributed by atoms with Crippen molar-refractivity contribution in [3.63, 3.8) is 0 Å². The Hall–Kier alpha value is -2.25. The number of amides is 2. The van der Waals surface area contributed by atoms with Gasteiger partial charge in [0.05, 0.1) is 12.5 Å². The molecule has 0 aromatic rings. The average molecular weight is 356 g/mol. The quantitative estimate of drug-likeness (QED) is 0.460. The summed E-state index contributed by atoms with van der Waals surface area (Å²) in [6.45, 7) is 11.3. The van der Waals surface area contributed by atoms with Crippen molar-refractivity contribution >= 4 is 18.2 Å². The van der Waals surface area contributed by atoms with E-state index >= 15 is 0 Å². The molecule has 1 fully saturated rings. The standard InChI is InChI=1S/C17H28N2O6/c1-6-10-24-15(21)18-13-8-9-19(16(22)25-17(3,4)5)11-12(13)14(20)23-7-2/h6,12-13H,1,7-11H2,2-5H3,(H,18,21)/t12-,13?/m1/s1. The number of ether oxygens (including phenoxy) is 3. The number of alkyl carbamates (subject to hydrolysis) is 1. The lowest BCUT2D eigenvalue weighted by Gasteiger charge is -2.37. The predicted molar refractivity (Wildman–Crippen MR) is 91.0 cm³/mol. The SMILES string of the molecule is C=CCOC(=O)NC1CCN(C(=O)OC(C)(C)C)C[C@H]1C(=O)OCC. The summed E-state index contributed by atoms with van der Waals surface area (Å²) in [4.78, 5) is 37.7. The second-order valence-corrected chi connectivity index (χ2v) is 6.71. The summed E-state index contributed by atoms with van der Waals surface area (Å²) in [6, 6.07) is -0.477. The van der Waals surface area contributed by atoms with Crippen molar-refractivity contribution in [1.29, 1.82) is 0 Å². The fraction of sp³-hybridized carbons (Fsp3) is 0.706. The zero-order valence-electron chi connectivity index (χ0n) is 15.4. The van der Waals surface area contributed by atoms with E-state index in [4.69, 9.17) is 14.2 Å². The molecule has 0 aromatic heterocycles. The summed E-state index contributed by atoms with van der Waals surface area (Å²) >= 11 is 0. The smallest absolute Gasteiger partial charge is 0.410 e. The van der Waals surface area contributed by atoms with Gasteiger partial charge in [0, 0.05) is 19.1 Å². The molecule has 2 amide bonds. The molecule has 1 heterocycles. The minimum atomic E-state index is -0.683. The Morgan fingerprint density at radius 3 is 2.52 bits per heavy atom. The summed E-state index contributed by atoms with van der Waals surface area (Å²) in [5.74, 6) is -1.15. The molecule has 25 heavy (non-hydrogen) atoms. The number of nitrogens with zero attached hydrogens (tertiary/aromatic N) is 1. The first kappa shape index (κ1) is 20.8. The lowest BCUT2D eigenvalue weighted by molar-refractivity contribution is -0.150. The highest BCUT2D eigenvalue weighted by Gasteiger charge is 2.39. The van der Waals surface area contributed by atoms with Gasteiger partial charge in [-0.2, -0.15) is 0 Å². The lowest BCUT2D eigenvalue weighted by atomic mass is 9.92. The highest BCUT2D eigenvalue weighted by atomic mass is 16.6. The Kier molecular flexibility index (Phi) is 7.73. The topological polar surface area (TPSA) is 94.2 Å². The number of nitrogens with one attached hydrogen (secondary N) is 1. The van der Waals surface area contributed by atoms with Crippen LogP contribution >= 0.6 is 0 Å². The van der Waals surface area contributed by atoms with Gasteiger partial charge in [-0.15, -0.1) is 0 Å². The Bertz CT molecular complexity index is 500. The van der Waals surface area contributed by atoms with Crippen molar-refractivity contribution in [3.05, 3.63) is 12.7 Å². The Morgan fingerprint density at radius 1 is 1.28 bits per heavy atom. The molecule has 8 nitrogen and oxygen atoms in total. The first-order chi connectivity index (χ1) is 11.7. The van der Waals surface area contributed by atoms with Gasteiger partial charge in [0.25, 0.3) is 0 Å². The molecule has 1 unspecified atom stereocenters. The molecule has 142 valence electrons. The fourth-order valence-electron chi connectivity index (χ4n) is 2.43. The van der Waals surface area contributed by atoms with E-state index in [0.29, 0.717) is 13.0 Å². The van der Waals surface area contributed by atoms with Crippen molar-refractivity contribution in [2.75, 3.05) is 26.3 Å². The number of rotatable bonds is 5. The third-order valence-electron chi connectivity index (χ3n) is 3.49. The zero-order valence-corrected chi connectivity index (χ0v) is 15.4. The number of carbonyl (C=O) groups excluding carboxylic acids is 3. The van der Waals surface area contributed by atoms with Gasteiger partial charge >= 0.3 is 18.2 Å². The number of likely N-dealkylation sites (tertiary alicyclic amines) is 1. The van der Waals surface area contributed by atoms with Crippen LogP contribution in [0.3, 0.4) is 0 Å². The maximum Gasteiger partial charge on any atom is 0.410 e. The molecular weight excluding hydrogens is 328 g/mol. The van der Waals surface area contributed by atoms with Gasteiger partial charge in [-0.1, -0.05) is 12.7 Å². The summed E-state index contributed by atoms with van der Waals surface area (Å²) in [7, 11) is 0. The van der Waals surface area contributed by atoms with Gasteiger partial charge in [0.1, 0.15) is 12.2 Å². The van der Waals surface area contributed by atoms with Crippen LogP contribution in [0.5, 0.6) is 0 Å². The molecule has 2 atom stereocenters. The van der Waals surface area contributed by atoms with E-state index in [1.165, 1.54) is 11.0 Å². The Labute approximate surface area is 148 Å². The van der Waals surface area contributed by atoms with Crippen molar-refractivity contribution < 1.29 is 28.6 Å². The van der Waals surface area contributed by atoms with Crippen LogP contribution in [0.15, 0.2) is 12.7 Å². The minimum Gasteiger partial charge on any atom is -0.466 e. The molecule has 0 radical (unpaired) electrons. The largest absolute Gasteiger partial charge is 0.466 e. The van der Waals surface area contributed by atoms with Crippen LogP contribution < -0.4 is 5.32 Å². The van der Waals surface area contributed by atoms with Gasteiger partial charge in [0.15, 0.2) is 0 Å². The second kappa shape index (κ2) is 9.29. The number of hydrogen-bond donors (Lipinski definition) is 1. The van der Waals surface area contributed by atoms with Crippen molar-refractivity contribution in [2.24, 2.45) is 5.92 Å². The van der Waals surface area contributed by atoms with E-state index < -0.39 is 35.7 Å². The molecule has 1 rings (SSSR count). The highest BCUT2D eigenvalue weighted by Crippen LogP contribution is 2.21. The van der Waals surface area contributed by atoms with Crippen LogP contribution in [-0.4, -0.2) is 61.0 Å². The normalized spacial score (nSPS) is 20.4. The maximum absolute atomic E-state index is 12.2. The summed E-state index contributed by atoms with van der Waals surface area (Å²) in [5, 5.41) is 2.66. The van der Waals surface area contributed by atoms with Gasteiger partial charge in [-0.05, 0) is 34.1 Å². The molecule has 0 aromatic carbocycles. The van der Waals surface area contributed by atoms with E-state index in [1.54, 1.807) is 27.7 Å². The Balaban J connectivity index is 2.77. The molecule has 0 aliphatic carbocycles. The molecule has 0 bridgehead atoms. The van der Waals surface area contributed by atoms with Crippen LogP contribution in [0, 0.1) is 5.92 Å². The number of hydrogen-bond acceptors (Lipinski definition) is 6. The van der Waals surface area contributed by atoms with Gasteiger partial charge < -0.3 is 24.4 Å². The predicted octanol–water partition coefficient (Wildman–Crippen LogP) is 2.09. The van der Waals surface area contributed by atoms with Crippen LogP contribution in [0.2, 0.25) is 0 Å². The average Bonchev–Trinajstić information content (AvgIpc) is 2.51. The number of piperidine rings is 1. The van der Waals surface area contributed by atoms with Gasteiger partial charge in [-0.25, -0.2) is 9.59 Å². The third kappa shape index (κ3) is 7.03. The van der Waals surface area contributed by atoms with Crippen molar-refractivity contribution in [3.8, 4) is 0 Å². The molecular formula is C17H28N2O6. The lowest BCUT2D eigenvalue weighted by Crippen LogP contribution is -2.55. The minimum absolute atomic E-state index is 0.0761. The zero-order chi connectivity index (χ0) is 19.0. The first-order valence-corrected chi connectivity index (χ1v) is 8.36. The van der Waals surface area contributed by atoms with Crippen LogP contribution in [0.1, 0.15) is 34.1 Å². The van der Waals surface area contributed by atoms with Crippen molar-refractivity contribution in [1.82, 2.24) is 10.2 Å². The summed E-state index contributed by atoms with van der Waals surface area (Å²) in [5.41, 5.74) is -0.625. The maximum atomic E-state index is 12.2. The number of esters is 1.